The molecule has 11 rings (SSSR count). The maximum absolute atomic E-state index is 9.85. The van der Waals surface area contributed by atoms with Gasteiger partial charge in [0.05, 0.1) is 33.1 Å². The lowest BCUT2D eigenvalue weighted by molar-refractivity contribution is 0.620. The molecule has 4 heteroatoms. The summed E-state index contributed by atoms with van der Waals surface area (Å²) in [6, 6.07) is 4.33. The molecule has 258 valence electrons. The van der Waals surface area contributed by atoms with Crippen molar-refractivity contribution in [2.24, 2.45) is 0 Å². The molecule has 0 fully saturated rings. The monoisotopic (exact) mass is 740 g/mol. The summed E-state index contributed by atoms with van der Waals surface area (Å²) < 4.78 is 187. The average molecular weight is 741 g/mol. The zero-order chi connectivity index (χ0) is 53.7. The van der Waals surface area contributed by atoms with E-state index in [-0.39, 0.29) is 16.5 Å². The minimum atomic E-state index is -1.07. The Bertz CT molecular complexity index is 4280. The van der Waals surface area contributed by atoms with Gasteiger partial charge in [0.15, 0.2) is 5.58 Å². The van der Waals surface area contributed by atoms with E-state index < -0.39 is 154 Å². The summed E-state index contributed by atoms with van der Waals surface area (Å²) in [5, 5.41) is 2.32. The van der Waals surface area contributed by atoms with Gasteiger partial charge in [0.25, 0.3) is 0 Å². The van der Waals surface area contributed by atoms with Crippen LogP contribution < -0.4 is 4.90 Å². The summed E-state index contributed by atoms with van der Waals surface area (Å²) in [6.07, 6.45) is 0. The normalized spacial score (nSPS) is 16.7. The van der Waals surface area contributed by atoms with Gasteiger partial charge >= 0.3 is 0 Å². The first-order valence-electron chi connectivity index (χ1n) is 26.9. The van der Waals surface area contributed by atoms with Crippen molar-refractivity contribution >= 4 is 81.2 Å². The largest absolute Gasteiger partial charge is 0.436 e. The van der Waals surface area contributed by atoms with Gasteiger partial charge in [-0.2, -0.15) is 0 Å². The minimum Gasteiger partial charge on any atom is -0.436 e. The van der Waals surface area contributed by atoms with Gasteiger partial charge in [-0.3, -0.25) is 0 Å². The number of fused-ring (bicyclic) bond motifs is 7. The molecule has 0 saturated heterocycles. The van der Waals surface area contributed by atoms with Crippen LogP contribution in [0.1, 0.15) is 27.4 Å². The van der Waals surface area contributed by atoms with E-state index in [1.165, 1.54) is 11.3 Å². The van der Waals surface area contributed by atoms with E-state index in [9.17, 15) is 11.0 Å². The first-order chi connectivity index (χ1) is 35.6. The topological polar surface area (TPSA) is 29.3 Å². The standard InChI is InChI=1S/C51H32N2OS/c1-3-11-33(12-4-1)34-21-25-39(26-22-34)53(38-13-5-2-6-14-38)47-30-29-40(41-15-7-8-16-42(41)47)36-20-19-35-23-28-44-43-27-24-37(32-49(43)55-50(44)45(35)31-36)51-52-46-17-9-10-18-48(46)54-51/h1-32H/i1D,2D,3D,4D,5D,6D,7D,8D,11D,12D,13D,14D,15D,16D,21D,22D,25D,26D,29D,30D. The molecule has 0 amide bonds. The van der Waals surface area contributed by atoms with Gasteiger partial charge in [0, 0.05) is 47.9 Å². The number of aromatic nitrogens is 1. The number of para-hydroxylation sites is 3. The smallest absolute Gasteiger partial charge is 0.227 e. The van der Waals surface area contributed by atoms with Crippen molar-refractivity contribution in [1.29, 1.82) is 0 Å². The van der Waals surface area contributed by atoms with Crippen LogP contribution in [0.2, 0.25) is 0 Å². The van der Waals surface area contributed by atoms with Crippen LogP contribution in [-0.2, 0) is 0 Å². The molecule has 0 N–H and O–H groups in total. The van der Waals surface area contributed by atoms with Crippen molar-refractivity contribution in [2.45, 2.75) is 0 Å². The third-order valence-electron chi connectivity index (χ3n) is 9.29. The van der Waals surface area contributed by atoms with Crippen LogP contribution in [0, 0.1) is 0 Å². The SMILES string of the molecule is [2H]c1c([2H])c([2H])c(-c2c([2H])c([2H])c(N(c3c([2H])c([2H])c([2H])c([2H])c3[2H])c3c([2H])c([2H])c(-c4ccc5ccc6c7ccc(-c8nc9ccccc9o8)cc7sc6c5c4)c4c([2H])c([2H])c([2H])c([2H])c34)c([2H])c2[2H])c([2H])c1[2H]. The number of oxazole rings is 1. The van der Waals surface area contributed by atoms with E-state index >= 15 is 0 Å². The van der Waals surface area contributed by atoms with Gasteiger partial charge in [0.2, 0.25) is 5.89 Å². The molecule has 0 bridgehead atoms. The predicted octanol–water partition coefficient (Wildman–Crippen LogP) is 15.0. The number of benzene rings is 9. The van der Waals surface area contributed by atoms with Crippen LogP contribution >= 0.6 is 11.3 Å². The Morgan fingerprint density at radius 2 is 1.20 bits per heavy atom. The summed E-state index contributed by atoms with van der Waals surface area (Å²) in [6.45, 7) is 0. The zero-order valence-electron chi connectivity index (χ0n) is 48.1. The number of hydrogen-bond acceptors (Lipinski definition) is 4. The number of nitrogens with zero attached hydrogens (tertiary/aromatic N) is 2. The van der Waals surface area contributed by atoms with Gasteiger partial charge in [-0.15, -0.1) is 11.3 Å². The molecule has 0 unspecified atom stereocenters. The molecule has 55 heavy (non-hydrogen) atoms. The van der Waals surface area contributed by atoms with Crippen LogP contribution in [0.25, 0.3) is 86.5 Å². The molecule has 2 aromatic heterocycles. The predicted molar refractivity (Wildman–Crippen MR) is 233 cm³/mol. The molecule has 3 nitrogen and oxygen atoms in total. The second kappa shape index (κ2) is 12.8. The van der Waals surface area contributed by atoms with Crippen LogP contribution in [-0.4, -0.2) is 4.98 Å². The molecule has 9 aromatic carbocycles. The zero-order valence-corrected chi connectivity index (χ0v) is 29.0. The lowest BCUT2D eigenvalue weighted by atomic mass is 9.94. The van der Waals surface area contributed by atoms with Gasteiger partial charge in [-0.05, 0) is 93.6 Å². The maximum atomic E-state index is 9.85. The fraction of sp³-hybridized carbons (Fsp3) is 0. The van der Waals surface area contributed by atoms with Crippen LogP contribution in [0.15, 0.2) is 198 Å². The highest BCUT2D eigenvalue weighted by atomic mass is 32.1. The van der Waals surface area contributed by atoms with Crippen molar-refractivity contribution in [3.63, 3.8) is 0 Å². The number of thiophene rings is 1. The van der Waals surface area contributed by atoms with Crippen LogP contribution in [0.5, 0.6) is 0 Å². The first-order valence-corrected chi connectivity index (χ1v) is 17.7. The fourth-order valence-corrected chi connectivity index (χ4v) is 8.02. The van der Waals surface area contributed by atoms with Crippen LogP contribution in [0.3, 0.4) is 0 Å². The average Bonchev–Trinajstić information content (AvgIpc) is 4.03. The van der Waals surface area contributed by atoms with Gasteiger partial charge in [-0.25, -0.2) is 4.98 Å². The van der Waals surface area contributed by atoms with E-state index in [4.69, 9.17) is 20.9 Å². The lowest BCUT2D eigenvalue weighted by Gasteiger charge is -2.27. The second-order valence-corrected chi connectivity index (χ2v) is 13.5. The molecule has 0 aliphatic rings. The molecule has 0 saturated carbocycles. The van der Waals surface area contributed by atoms with E-state index in [0.717, 1.165) is 31.1 Å². The van der Waals surface area contributed by atoms with Crippen molar-refractivity contribution in [2.75, 3.05) is 4.90 Å². The van der Waals surface area contributed by atoms with Crippen molar-refractivity contribution in [3.05, 3.63) is 194 Å². The molecule has 0 radical (unpaired) electrons. The maximum Gasteiger partial charge on any atom is 0.227 e. The number of anilines is 3. The molecule has 0 spiro atoms. The Hall–Kier alpha value is -7.01. The van der Waals surface area contributed by atoms with E-state index in [0.29, 0.717) is 27.3 Å². The first kappa shape index (κ1) is 17.4. The Morgan fingerprint density at radius 1 is 0.509 bits per heavy atom. The highest BCUT2D eigenvalue weighted by Gasteiger charge is 2.19. The summed E-state index contributed by atoms with van der Waals surface area (Å²) >= 11 is 1.47. The van der Waals surface area contributed by atoms with Crippen LogP contribution in [0.4, 0.5) is 17.1 Å². The molecule has 0 aliphatic heterocycles. The summed E-state index contributed by atoms with van der Waals surface area (Å²) in [4.78, 5) is 5.25. The fourth-order valence-electron chi connectivity index (χ4n) is 6.75. The molecular weight excluding hydrogens is 689 g/mol. The highest BCUT2D eigenvalue weighted by molar-refractivity contribution is 7.26. The highest BCUT2D eigenvalue weighted by Crippen LogP contribution is 2.45. The van der Waals surface area contributed by atoms with Gasteiger partial charge < -0.3 is 9.32 Å². The molecule has 2 heterocycles. The summed E-state index contributed by atoms with van der Waals surface area (Å²) in [5.74, 6) is 0.436. The Morgan fingerprint density at radius 3 is 2.04 bits per heavy atom. The van der Waals surface area contributed by atoms with Crippen molar-refractivity contribution < 1.29 is 31.8 Å². The van der Waals surface area contributed by atoms with E-state index in [1.54, 1.807) is 18.2 Å². The van der Waals surface area contributed by atoms with Gasteiger partial charge in [-0.1, -0.05) is 133 Å². The number of hydrogen-bond donors (Lipinski definition) is 0. The third kappa shape index (κ3) is 5.38. The number of rotatable bonds is 6. The van der Waals surface area contributed by atoms with Gasteiger partial charge in [0.1, 0.15) is 5.52 Å². The Kier molecular flexibility index (Phi) is 4.07. The van der Waals surface area contributed by atoms with E-state index in [1.807, 2.05) is 54.6 Å². The summed E-state index contributed by atoms with van der Waals surface area (Å²) in [5.41, 5.74) is -1.91. The molecule has 0 atom stereocenters. The Labute approximate surface area is 350 Å². The quantitative estimate of drug-likeness (QED) is 0.170. The second-order valence-electron chi connectivity index (χ2n) is 12.4. The van der Waals surface area contributed by atoms with Crippen molar-refractivity contribution in [1.82, 2.24) is 4.98 Å². The molecule has 11 aromatic rings. The summed E-state index contributed by atoms with van der Waals surface area (Å²) in [7, 11) is 0. The molecular formula is C51H32N2OS. The molecule has 0 aliphatic carbocycles. The van der Waals surface area contributed by atoms with Crippen molar-refractivity contribution in [3.8, 4) is 33.7 Å². The van der Waals surface area contributed by atoms with E-state index in [2.05, 4.69) is 4.98 Å². The minimum absolute atomic E-state index is 0.166. The Balaban J connectivity index is 1.21. The lowest BCUT2D eigenvalue weighted by Crippen LogP contribution is -2.10. The third-order valence-corrected chi connectivity index (χ3v) is 10.5.